The Morgan fingerprint density at radius 3 is 2.37 bits per heavy atom. The van der Waals surface area contributed by atoms with Gasteiger partial charge in [0, 0.05) is 6.07 Å². The fourth-order valence-corrected chi connectivity index (χ4v) is 4.66. The van der Waals surface area contributed by atoms with Crippen molar-refractivity contribution in [1.29, 1.82) is 0 Å². The van der Waals surface area contributed by atoms with E-state index in [2.05, 4.69) is 11.9 Å². The van der Waals surface area contributed by atoms with Gasteiger partial charge in [-0.3, -0.25) is 15.0 Å². The molecule has 0 amide bonds. The molecule has 2 aromatic rings. The highest BCUT2D eigenvalue weighted by Gasteiger charge is 2.35. The number of nitrogens with one attached hydrogen (secondary N) is 1. The van der Waals surface area contributed by atoms with Crippen LogP contribution in [0, 0.1) is 10.1 Å². The second-order valence-corrected chi connectivity index (χ2v) is 8.38. The first-order chi connectivity index (χ1) is 12.9. The molecule has 9 heteroatoms. The van der Waals surface area contributed by atoms with Crippen molar-refractivity contribution in [3.05, 3.63) is 58.3 Å². The van der Waals surface area contributed by atoms with Crippen LogP contribution >= 0.6 is 0 Å². The van der Waals surface area contributed by atoms with Crippen LogP contribution in [0.15, 0.2) is 47.5 Å². The number of pyridine rings is 1. The molecule has 27 heavy (non-hydrogen) atoms. The molecule has 0 unspecified atom stereocenters. The van der Waals surface area contributed by atoms with E-state index in [1.165, 1.54) is 10.4 Å². The van der Waals surface area contributed by atoms with Crippen molar-refractivity contribution in [2.24, 2.45) is 0 Å². The summed E-state index contributed by atoms with van der Waals surface area (Å²) >= 11 is 0. The molecular weight excluding hydrogens is 368 g/mol. The average Bonchev–Trinajstić information content (AvgIpc) is 2.69. The van der Waals surface area contributed by atoms with Crippen LogP contribution in [0.4, 0.5) is 11.5 Å². The number of aromatic nitrogens is 1. The maximum atomic E-state index is 12.9. The smallest absolute Gasteiger partial charge is 0.258 e. The van der Waals surface area contributed by atoms with E-state index in [0.29, 0.717) is 18.9 Å². The highest BCUT2D eigenvalue weighted by atomic mass is 32.2. The molecule has 0 saturated carbocycles. The molecule has 1 aliphatic rings. The number of aryl methyl sites for hydroxylation is 1. The van der Waals surface area contributed by atoms with Crippen LogP contribution in [0.2, 0.25) is 0 Å². The van der Waals surface area contributed by atoms with E-state index >= 15 is 0 Å². The quantitative estimate of drug-likeness (QED) is 0.553. The zero-order valence-corrected chi connectivity index (χ0v) is 16.0. The number of aromatic amines is 1. The van der Waals surface area contributed by atoms with Gasteiger partial charge >= 0.3 is 11.5 Å². The van der Waals surface area contributed by atoms with Crippen LogP contribution in [-0.4, -0.2) is 43.8 Å². The van der Waals surface area contributed by atoms with Crippen molar-refractivity contribution in [1.82, 2.24) is 4.31 Å². The molecule has 0 atom stereocenters. The van der Waals surface area contributed by atoms with Gasteiger partial charge in [0.15, 0.2) is 0 Å². The summed E-state index contributed by atoms with van der Waals surface area (Å²) in [5, 5.41) is 11.2. The molecule has 0 radical (unpaired) electrons. The number of piperazine rings is 1. The second kappa shape index (κ2) is 8.01. The fourth-order valence-electron chi connectivity index (χ4n) is 3.24. The van der Waals surface area contributed by atoms with E-state index < -0.39 is 14.9 Å². The third-order valence-electron chi connectivity index (χ3n) is 4.66. The number of sulfonamides is 1. The van der Waals surface area contributed by atoms with Crippen molar-refractivity contribution in [3.63, 3.8) is 0 Å². The number of rotatable bonds is 6. The largest absolute Gasteiger partial charge is 0.357 e. The van der Waals surface area contributed by atoms with E-state index in [-0.39, 0.29) is 23.7 Å². The Labute approximate surface area is 158 Å². The zero-order valence-electron chi connectivity index (χ0n) is 15.2. The third kappa shape index (κ3) is 4.09. The first kappa shape index (κ1) is 19.2. The lowest BCUT2D eigenvalue weighted by atomic mass is 10.1. The normalized spacial score (nSPS) is 15.7. The average molecular weight is 391 g/mol. The van der Waals surface area contributed by atoms with Gasteiger partial charge in [-0.1, -0.05) is 25.5 Å². The minimum atomic E-state index is -3.56. The summed E-state index contributed by atoms with van der Waals surface area (Å²) in [6, 6.07) is 10.0. The Kier molecular flexibility index (Phi) is 5.71. The molecule has 1 saturated heterocycles. The monoisotopic (exact) mass is 391 g/mol. The molecule has 1 fully saturated rings. The molecular formula is C18H23N4O4S+. The molecule has 0 spiro atoms. The topological polar surface area (TPSA) is 97.9 Å². The van der Waals surface area contributed by atoms with Gasteiger partial charge in [-0.05, 0) is 30.2 Å². The highest BCUT2D eigenvalue weighted by Crippen LogP contribution is 2.25. The van der Waals surface area contributed by atoms with E-state index in [9.17, 15) is 18.5 Å². The molecule has 1 aliphatic heterocycles. The maximum Gasteiger partial charge on any atom is 0.357 e. The molecule has 2 heterocycles. The first-order valence-corrected chi connectivity index (χ1v) is 10.4. The minimum absolute atomic E-state index is 0.0136. The van der Waals surface area contributed by atoms with Gasteiger partial charge in [0.1, 0.15) is 0 Å². The molecule has 1 aromatic heterocycles. The van der Waals surface area contributed by atoms with Crippen LogP contribution < -0.4 is 9.88 Å². The third-order valence-corrected chi connectivity index (χ3v) is 6.58. The predicted octanol–water partition coefficient (Wildman–Crippen LogP) is 1.87. The van der Waals surface area contributed by atoms with Crippen LogP contribution in [0.1, 0.15) is 18.9 Å². The van der Waals surface area contributed by atoms with Crippen molar-refractivity contribution in [2.75, 3.05) is 31.1 Å². The van der Waals surface area contributed by atoms with Gasteiger partial charge in [0.05, 0.1) is 42.2 Å². The molecule has 0 aliphatic carbocycles. The van der Waals surface area contributed by atoms with Gasteiger partial charge in [-0.2, -0.15) is 4.31 Å². The lowest BCUT2D eigenvalue weighted by Gasteiger charge is -2.30. The molecule has 0 bridgehead atoms. The first-order valence-electron chi connectivity index (χ1n) is 8.92. The fraction of sp³-hybridized carbons (Fsp3) is 0.389. The number of H-pyrrole nitrogens is 1. The second-order valence-electron chi connectivity index (χ2n) is 6.45. The Hall–Kier alpha value is -2.52. The number of anilines is 1. The zero-order chi connectivity index (χ0) is 19.4. The lowest BCUT2D eigenvalue weighted by molar-refractivity contribution is -0.411. The molecule has 1 N–H and O–H groups in total. The predicted molar refractivity (Wildman–Crippen MR) is 101 cm³/mol. The summed E-state index contributed by atoms with van der Waals surface area (Å²) in [5.74, 6) is 0.406. The number of hydrogen-bond acceptors (Lipinski definition) is 5. The Morgan fingerprint density at radius 1 is 1.11 bits per heavy atom. The summed E-state index contributed by atoms with van der Waals surface area (Å²) in [6.07, 6.45) is 3.56. The van der Waals surface area contributed by atoms with Gasteiger partial charge in [-0.15, -0.1) is 0 Å². The van der Waals surface area contributed by atoms with E-state index in [1.54, 1.807) is 24.4 Å². The maximum absolute atomic E-state index is 12.9. The SMILES string of the molecule is CCCc1ccc(S(=O)(=O)N2CCN(c3[nH+]cccc3[N+](=O)[O-])CC2)cc1. The van der Waals surface area contributed by atoms with Crippen LogP contribution in [0.5, 0.6) is 0 Å². The summed E-state index contributed by atoms with van der Waals surface area (Å²) in [4.78, 5) is 15.8. The van der Waals surface area contributed by atoms with Gasteiger partial charge < -0.3 is 0 Å². The number of nitro groups is 1. The minimum Gasteiger partial charge on any atom is -0.258 e. The van der Waals surface area contributed by atoms with Gasteiger partial charge in [0.25, 0.3) is 0 Å². The van der Waals surface area contributed by atoms with Crippen molar-refractivity contribution in [2.45, 2.75) is 24.7 Å². The molecule has 3 rings (SSSR count). The molecule has 8 nitrogen and oxygen atoms in total. The highest BCUT2D eigenvalue weighted by molar-refractivity contribution is 7.89. The Bertz CT molecular complexity index is 907. The number of benzene rings is 1. The summed E-state index contributed by atoms with van der Waals surface area (Å²) in [5.41, 5.74) is 1.11. The van der Waals surface area contributed by atoms with Gasteiger partial charge in [0.2, 0.25) is 10.0 Å². The number of nitrogens with zero attached hydrogens (tertiary/aromatic N) is 3. The van der Waals surface area contributed by atoms with Gasteiger partial charge in [-0.25, -0.2) is 13.4 Å². The van der Waals surface area contributed by atoms with Crippen molar-refractivity contribution in [3.8, 4) is 0 Å². The van der Waals surface area contributed by atoms with Crippen molar-refractivity contribution >= 4 is 21.5 Å². The number of hydrogen-bond donors (Lipinski definition) is 0. The Morgan fingerprint density at radius 2 is 1.78 bits per heavy atom. The van der Waals surface area contributed by atoms with Crippen LogP contribution in [-0.2, 0) is 16.4 Å². The molecule has 1 aromatic carbocycles. The van der Waals surface area contributed by atoms with E-state index in [0.717, 1.165) is 18.4 Å². The van der Waals surface area contributed by atoms with Crippen LogP contribution in [0.3, 0.4) is 0 Å². The summed E-state index contributed by atoms with van der Waals surface area (Å²) < 4.78 is 27.2. The Balaban J connectivity index is 1.72. The molecule has 144 valence electrons. The lowest BCUT2D eigenvalue weighted by Crippen LogP contribution is -2.50. The summed E-state index contributed by atoms with van der Waals surface area (Å²) in [7, 11) is -3.56. The summed E-state index contributed by atoms with van der Waals surface area (Å²) in [6.45, 7) is 3.40. The standard InChI is InChI=1S/C18H22N4O4S/c1-2-4-15-6-8-16(9-7-15)27(25,26)21-13-11-20(12-14-21)18-17(22(23)24)5-3-10-19-18/h3,5-10H,2,4,11-14H2,1H3/p+1. The van der Waals surface area contributed by atoms with E-state index in [4.69, 9.17) is 0 Å². The van der Waals surface area contributed by atoms with E-state index in [1.807, 2.05) is 17.0 Å². The van der Waals surface area contributed by atoms with Crippen molar-refractivity contribution < 1.29 is 18.3 Å². The van der Waals surface area contributed by atoms with Crippen LogP contribution in [0.25, 0.3) is 0 Å².